The molecule has 0 aliphatic rings. The summed E-state index contributed by atoms with van der Waals surface area (Å²) in [5.74, 6) is 0.634. The number of nitrogens with zero attached hydrogens (tertiary/aromatic N) is 4. The molecule has 0 unspecified atom stereocenters. The number of hydrogen-bond acceptors (Lipinski definition) is 3. The summed E-state index contributed by atoms with van der Waals surface area (Å²) in [4.78, 5) is 10.8. The van der Waals surface area contributed by atoms with E-state index in [9.17, 15) is 0 Å². The summed E-state index contributed by atoms with van der Waals surface area (Å²) in [6.07, 6.45) is 0. The van der Waals surface area contributed by atoms with E-state index in [0.29, 0.717) is 5.95 Å². The Balaban J connectivity index is 1.19. The molecule has 0 atom stereocenters. The number of para-hydroxylation sites is 3. The smallest absolute Gasteiger partial charge is 0.235 e. The number of furan rings is 1. The molecule has 4 heterocycles. The molecule has 0 saturated heterocycles. The average molecular weight is 727 g/mol. The van der Waals surface area contributed by atoms with Gasteiger partial charge in [-0.1, -0.05) is 127 Å². The van der Waals surface area contributed by atoms with Crippen LogP contribution in [-0.4, -0.2) is 19.1 Å². The Morgan fingerprint density at radius 3 is 1.98 bits per heavy atom. The van der Waals surface area contributed by atoms with Gasteiger partial charge in [0.05, 0.1) is 44.4 Å². The van der Waals surface area contributed by atoms with Crippen LogP contribution in [0.1, 0.15) is 0 Å². The highest BCUT2D eigenvalue weighted by Gasteiger charge is 2.25. The lowest BCUT2D eigenvalue weighted by molar-refractivity contribution is 0.673. The van der Waals surface area contributed by atoms with Crippen LogP contribution in [0.25, 0.3) is 121 Å². The normalized spacial score (nSPS) is 12.2. The molecule has 0 N–H and O–H groups in total. The van der Waals surface area contributed by atoms with E-state index in [1.165, 1.54) is 21.5 Å². The van der Waals surface area contributed by atoms with Gasteiger partial charge in [0.1, 0.15) is 11.2 Å². The molecule has 5 nitrogen and oxygen atoms in total. The molecule has 5 heteroatoms. The molecule has 4 aromatic heterocycles. The van der Waals surface area contributed by atoms with Crippen molar-refractivity contribution in [2.24, 2.45) is 0 Å². The summed E-state index contributed by atoms with van der Waals surface area (Å²) >= 11 is 0. The minimum absolute atomic E-state index is 0.634. The molecule has 0 amide bonds. The van der Waals surface area contributed by atoms with Gasteiger partial charge in [0, 0.05) is 43.3 Å². The maximum Gasteiger partial charge on any atom is 0.235 e. The zero-order valence-electron chi connectivity index (χ0n) is 30.5. The first kappa shape index (κ1) is 30.6. The fourth-order valence-corrected chi connectivity index (χ4v) is 9.41. The van der Waals surface area contributed by atoms with Crippen molar-refractivity contribution in [2.75, 3.05) is 0 Å². The highest BCUT2D eigenvalue weighted by atomic mass is 16.3. The van der Waals surface area contributed by atoms with E-state index in [2.05, 4.69) is 185 Å². The lowest BCUT2D eigenvalue weighted by Gasteiger charge is -2.13. The van der Waals surface area contributed by atoms with E-state index in [-0.39, 0.29) is 0 Å². The molecule has 13 aromatic rings. The van der Waals surface area contributed by atoms with E-state index >= 15 is 0 Å². The third kappa shape index (κ3) is 4.23. The Hall–Kier alpha value is -7.76. The van der Waals surface area contributed by atoms with Crippen LogP contribution < -0.4 is 0 Å². The summed E-state index contributed by atoms with van der Waals surface area (Å²) in [7, 11) is 0. The summed E-state index contributed by atoms with van der Waals surface area (Å²) in [6, 6.07) is 64.7. The van der Waals surface area contributed by atoms with Gasteiger partial charge >= 0.3 is 0 Å². The summed E-state index contributed by atoms with van der Waals surface area (Å²) in [6.45, 7) is 0. The zero-order chi connectivity index (χ0) is 37.2. The zero-order valence-corrected chi connectivity index (χ0v) is 30.5. The molecule has 0 saturated carbocycles. The lowest BCUT2D eigenvalue weighted by atomic mass is 10.0. The Bertz CT molecular complexity index is 3820. The standard InChI is InChI=1S/C52H30N4O/c1-2-14-33-30-34(25-24-31(33)12-1)49-38-18-5-8-20-41(38)53-52(54-49)56-43-21-9-6-19-39(43)47-44(56)29-27-40-48-45(28-26-37-36-17-7-10-23-46(36)57-51(37)48)55(50(40)47)42-22-11-15-32-13-3-4-16-35(32)42/h1-30H. The van der Waals surface area contributed by atoms with Gasteiger partial charge in [-0.25, -0.2) is 9.97 Å². The second kappa shape index (κ2) is 11.4. The van der Waals surface area contributed by atoms with Gasteiger partial charge in [-0.3, -0.25) is 4.57 Å². The Morgan fingerprint density at radius 2 is 1.09 bits per heavy atom. The maximum absolute atomic E-state index is 6.77. The van der Waals surface area contributed by atoms with Gasteiger partial charge in [-0.05, 0) is 70.8 Å². The van der Waals surface area contributed by atoms with E-state index in [4.69, 9.17) is 14.4 Å². The van der Waals surface area contributed by atoms with E-state index in [1.807, 2.05) is 6.07 Å². The quantitative estimate of drug-likeness (QED) is 0.182. The molecule has 0 bridgehead atoms. The molecular weight excluding hydrogens is 697 g/mol. The van der Waals surface area contributed by atoms with Gasteiger partial charge in [-0.15, -0.1) is 0 Å². The van der Waals surface area contributed by atoms with Crippen molar-refractivity contribution in [1.29, 1.82) is 0 Å². The lowest BCUT2D eigenvalue weighted by Crippen LogP contribution is -2.03. The minimum atomic E-state index is 0.634. The highest BCUT2D eigenvalue weighted by Crippen LogP contribution is 2.46. The topological polar surface area (TPSA) is 48.8 Å². The fraction of sp³-hybridized carbons (Fsp3) is 0. The SMILES string of the molecule is c1ccc2cc(-c3nc(-n4c5ccccc5c5c4ccc4c6c7oc8ccccc8c7ccc6n(-c6cccc7ccccc67)c45)nc4ccccc34)ccc2c1. The average Bonchev–Trinajstić information content (AvgIpc) is 3.93. The predicted octanol–water partition coefficient (Wildman–Crippen LogP) is 13.7. The van der Waals surface area contributed by atoms with E-state index in [1.54, 1.807) is 0 Å². The molecule has 0 spiro atoms. The van der Waals surface area contributed by atoms with Crippen LogP contribution in [0.2, 0.25) is 0 Å². The molecule has 0 aliphatic carbocycles. The van der Waals surface area contributed by atoms with Crippen molar-refractivity contribution in [1.82, 2.24) is 19.1 Å². The second-order valence-electron chi connectivity index (χ2n) is 14.9. The van der Waals surface area contributed by atoms with Crippen molar-refractivity contribution in [2.45, 2.75) is 0 Å². The summed E-state index contributed by atoms with van der Waals surface area (Å²) in [5, 5.41) is 12.5. The number of rotatable bonds is 3. The molecule has 0 aliphatic heterocycles. The number of fused-ring (bicyclic) bond motifs is 14. The van der Waals surface area contributed by atoms with Crippen molar-refractivity contribution < 1.29 is 4.42 Å². The van der Waals surface area contributed by atoms with Gasteiger partial charge in [-0.2, -0.15) is 0 Å². The fourth-order valence-electron chi connectivity index (χ4n) is 9.41. The van der Waals surface area contributed by atoms with E-state index in [0.717, 1.165) is 93.4 Å². The first-order chi connectivity index (χ1) is 28.3. The number of benzene rings is 9. The molecule has 0 radical (unpaired) electrons. The van der Waals surface area contributed by atoms with Crippen molar-refractivity contribution in [3.8, 4) is 22.9 Å². The van der Waals surface area contributed by atoms with Crippen molar-refractivity contribution >= 4 is 98.0 Å². The van der Waals surface area contributed by atoms with Crippen LogP contribution >= 0.6 is 0 Å². The van der Waals surface area contributed by atoms with Crippen LogP contribution in [0.15, 0.2) is 186 Å². The second-order valence-corrected chi connectivity index (χ2v) is 14.9. The largest absolute Gasteiger partial charge is 0.455 e. The van der Waals surface area contributed by atoms with E-state index < -0.39 is 0 Å². The Morgan fingerprint density at radius 1 is 0.404 bits per heavy atom. The molecule has 9 aromatic carbocycles. The highest BCUT2D eigenvalue weighted by molar-refractivity contribution is 6.31. The van der Waals surface area contributed by atoms with Crippen LogP contribution in [-0.2, 0) is 0 Å². The number of aromatic nitrogens is 4. The van der Waals surface area contributed by atoms with Crippen molar-refractivity contribution in [3.63, 3.8) is 0 Å². The van der Waals surface area contributed by atoms with Crippen LogP contribution in [0.3, 0.4) is 0 Å². The molecule has 57 heavy (non-hydrogen) atoms. The molecule has 0 fully saturated rings. The summed E-state index contributed by atoms with van der Waals surface area (Å²) < 4.78 is 11.5. The van der Waals surface area contributed by atoms with Gasteiger partial charge in [0.2, 0.25) is 5.95 Å². The summed E-state index contributed by atoms with van der Waals surface area (Å²) in [5.41, 5.74) is 10.1. The first-order valence-electron chi connectivity index (χ1n) is 19.3. The molecular formula is C52H30N4O. The van der Waals surface area contributed by atoms with Crippen LogP contribution in [0.4, 0.5) is 0 Å². The van der Waals surface area contributed by atoms with Crippen LogP contribution in [0, 0.1) is 0 Å². The van der Waals surface area contributed by atoms with Crippen molar-refractivity contribution in [3.05, 3.63) is 182 Å². The molecule has 13 rings (SSSR count). The maximum atomic E-state index is 6.77. The first-order valence-corrected chi connectivity index (χ1v) is 19.3. The monoisotopic (exact) mass is 726 g/mol. The van der Waals surface area contributed by atoms with Gasteiger partial charge in [0.25, 0.3) is 0 Å². The van der Waals surface area contributed by atoms with Gasteiger partial charge in [0.15, 0.2) is 0 Å². The van der Waals surface area contributed by atoms with Gasteiger partial charge < -0.3 is 8.98 Å². The Kier molecular flexibility index (Phi) is 6.10. The minimum Gasteiger partial charge on any atom is -0.455 e. The molecule has 264 valence electrons. The van der Waals surface area contributed by atoms with Crippen LogP contribution in [0.5, 0.6) is 0 Å². The Labute approximate surface area is 325 Å². The number of hydrogen-bond donors (Lipinski definition) is 0. The third-order valence-corrected chi connectivity index (χ3v) is 11.9. The predicted molar refractivity (Wildman–Crippen MR) is 236 cm³/mol. The third-order valence-electron chi connectivity index (χ3n) is 11.9.